The van der Waals surface area contributed by atoms with Crippen molar-refractivity contribution in [1.29, 1.82) is 0 Å². The third-order valence-electron chi connectivity index (χ3n) is 4.56. The summed E-state index contributed by atoms with van der Waals surface area (Å²) in [4.78, 5) is 14.4. The molecule has 1 aromatic heterocycles. The van der Waals surface area contributed by atoms with Crippen LogP contribution in [0.2, 0.25) is 0 Å². The molecular formula is C15H20N2O. The second kappa shape index (κ2) is 3.82. The molecule has 1 aromatic rings. The van der Waals surface area contributed by atoms with Gasteiger partial charge in [0.1, 0.15) is 0 Å². The Morgan fingerprint density at radius 1 is 1.50 bits per heavy atom. The van der Waals surface area contributed by atoms with Crippen molar-refractivity contribution in [3.63, 3.8) is 0 Å². The lowest BCUT2D eigenvalue weighted by Gasteiger charge is -2.48. The van der Waals surface area contributed by atoms with E-state index < -0.39 is 0 Å². The van der Waals surface area contributed by atoms with Gasteiger partial charge in [-0.05, 0) is 55.2 Å². The predicted molar refractivity (Wildman–Crippen MR) is 72.3 cm³/mol. The van der Waals surface area contributed by atoms with Gasteiger partial charge in [0.2, 0.25) is 5.56 Å². The lowest BCUT2D eigenvalue weighted by Crippen LogP contribution is -2.50. The highest BCUT2D eigenvalue weighted by Gasteiger charge is 2.46. The van der Waals surface area contributed by atoms with Gasteiger partial charge < -0.3 is 10.7 Å². The molecule has 1 saturated carbocycles. The van der Waals surface area contributed by atoms with Crippen LogP contribution in [-0.2, 0) is 12.0 Å². The summed E-state index contributed by atoms with van der Waals surface area (Å²) in [6.45, 7) is 4.36. The lowest BCUT2D eigenvalue weighted by molar-refractivity contribution is 0.231. The van der Waals surface area contributed by atoms with Crippen LogP contribution in [0.1, 0.15) is 37.9 Å². The number of fused-ring (bicyclic) bond motifs is 4. The van der Waals surface area contributed by atoms with E-state index in [4.69, 9.17) is 5.73 Å². The van der Waals surface area contributed by atoms with Crippen LogP contribution in [0.15, 0.2) is 28.6 Å². The number of allylic oxidation sites excluding steroid dienone is 1. The molecule has 2 bridgehead atoms. The van der Waals surface area contributed by atoms with Crippen molar-refractivity contribution >= 4 is 0 Å². The van der Waals surface area contributed by atoms with Crippen molar-refractivity contribution in [2.24, 2.45) is 17.6 Å². The Bertz CT molecular complexity index is 572. The molecule has 3 nitrogen and oxygen atoms in total. The Labute approximate surface area is 107 Å². The maximum atomic E-state index is 11.5. The first-order chi connectivity index (χ1) is 8.54. The van der Waals surface area contributed by atoms with Gasteiger partial charge >= 0.3 is 0 Å². The number of nitrogens with two attached hydrogens (primary N) is 1. The molecule has 2 aliphatic carbocycles. The van der Waals surface area contributed by atoms with E-state index in [0.29, 0.717) is 11.8 Å². The van der Waals surface area contributed by atoms with Crippen molar-refractivity contribution in [3.05, 3.63) is 45.4 Å². The molecule has 0 aromatic carbocycles. The SMILES string of the molecule is CC=C1C2Cc3[nH]c(=O)ccc3C1(N)CC(C)C2. The molecule has 1 fully saturated rings. The highest BCUT2D eigenvalue weighted by Crippen LogP contribution is 2.50. The van der Waals surface area contributed by atoms with Crippen LogP contribution in [0.25, 0.3) is 0 Å². The summed E-state index contributed by atoms with van der Waals surface area (Å²) in [6.07, 6.45) is 5.26. The number of pyridine rings is 1. The smallest absolute Gasteiger partial charge is 0.248 e. The molecule has 3 atom stereocenters. The first-order valence-electron chi connectivity index (χ1n) is 6.73. The van der Waals surface area contributed by atoms with E-state index in [9.17, 15) is 4.79 Å². The first kappa shape index (κ1) is 11.7. The second-order valence-corrected chi connectivity index (χ2v) is 5.88. The van der Waals surface area contributed by atoms with E-state index in [1.807, 2.05) is 6.07 Å². The number of nitrogens with one attached hydrogen (secondary N) is 1. The minimum atomic E-state index is -0.366. The summed E-state index contributed by atoms with van der Waals surface area (Å²) in [5.74, 6) is 1.14. The van der Waals surface area contributed by atoms with E-state index in [1.54, 1.807) is 6.07 Å². The van der Waals surface area contributed by atoms with Gasteiger partial charge in [-0.15, -0.1) is 0 Å². The van der Waals surface area contributed by atoms with E-state index >= 15 is 0 Å². The number of hydrogen-bond donors (Lipinski definition) is 2. The molecule has 3 N–H and O–H groups in total. The van der Waals surface area contributed by atoms with E-state index in [2.05, 4.69) is 24.9 Å². The van der Waals surface area contributed by atoms with Crippen molar-refractivity contribution in [1.82, 2.24) is 4.98 Å². The van der Waals surface area contributed by atoms with Gasteiger partial charge in [0.25, 0.3) is 0 Å². The number of aromatic amines is 1. The Balaban J connectivity index is 2.23. The maximum Gasteiger partial charge on any atom is 0.248 e. The maximum absolute atomic E-state index is 11.5. The average Bonchev–Trinajstić information content (AvgIpc) is 2.26. The van der Waals surface area contributed by atoms with Gasteiger partial charge in [-0.25, -0.2) is 0 Å². The van der Waals surface area contributed by atoms with Gasteiger partial charge in [0.05, 0.1) is 5.54 Å². The second-order valence-electron chi connectivity index (χ2n) is 5.88. The van der Waals surface area contributed by atoms with Crippen molar-refractivity contribution in [2.45, 2.75) is 38.6 Å². The zero-order valence-corrected chi connectivity index (χ0v) is 11.0. The standard InChI is InChI=1S/C15H20N2O/c1-3-11-10-6-9(2)8-15(11,16)12-4-5-14(18)17-13(12)7-10/h3-5,9-10H,6-8,16H2,1-2H3,(H,17,18). The molecule has 0 amide bonds. The Kier molecular flexibility index (Phi) is 2.49. The van der Waals surface area contributed by atoms with E-state index in [0.717, 1.165) is 24.1 Å². The average molecular weight is 244 g/mol. The van der Waals surface area contributed by atoms with E-state index in [1.165, 1.54) is 12.0 Å². The number of hydrogen-bond acceptors (Lipinski definition) is 2. The molecule has 3 heteroatoms. The Hall–Kier alpha value is -1.35. The zero-order valence-electron chi connectivity index (χ0n) is 11.0. The fourth-order valence-corrected chi connectivity index (χ4v) is 4.02. The van der Waals surface area contributed by atoms with Gasteiger partial charge in [-0.1, -0.05) is 13.0 Å². The molecular weight excluding hydrogens is 224 g/mol. The molecule has 2 aliphatic rings. The third kappa shape index (κ3) is 1.50. The third-order valence-corrected chi connectivity index (χ3v) is 4.56. The number of H-pyrrole nitrogens is 1. The molecule has 3 unspecified atom stereocenters. The van der Waals surface area contributed by atoms with Gasteiger partial charge in [0.15, 0.2) is 0 Å². The first-order valence-corrected chi connectivity index (χ1v) is 6.73. The van der Waals surface area contributed by atoms with Crippen molar-refractivity contribution in [3.8, 4) is 0 Å². The number of aromatic nitrogens is 1. The van der Waals surface area contributed by atoms with Crippen LogP contribution in [0.4, 0.5) is 0 Å². The summed E-state index contributed by atoms with van der Waals surface area (Å²) in [5.41, 5.74) is 9.86. The predicted octanol–water partition coefficient (Wildman–Crippen LogP) is 2.08. The molecule has 0 radical (unpaired) electrons. The normalized spacial score (nSPS) is 36.5. The zero-order chi connectivity index (χ0) is 12.9. The molecule has 18 heavy (non-hydrogen) atoms. The number of rotatable bonds is 0. The van der Waals surface area contributed by atoms with Crippen LogP contribution >= 0.6 is 0 Å². The Morgan fingerprint density at radius 3 is 3.00 bits per heavy atom. The van der Waals surface area contributed by atoms with Gasteiger partial charge in [-0.2, -0.15) is 0 Å². The molecule has 96 valence electrons. The molecule has 0 saturated heterocycles. The van der Waals surface area contributed by atoms with Crippen LogP contribution < -0.4 is 11.3 Å². The lowest BCUT2D eigenvalue weighted by atomic mass is 9.60. The minimum absolute atomic E-state index is 0.0209. The molecule has 0 aliphatic heterocycles. The topological polar surface area (TPSA) is 58.9 Å². The summed E-state index contributed by atoms with van der Waals surface area (Å²) in [6, 6.07) is 3.52. The van der Waals surface area contributed by atoms with Crippen molar-refractivity contribution in [2.75, 3.05) is 0 Å². The minimum Gasteiger partial charge on any atom is -0.326 e. The van der Waals surface area contributed by atoms with Crippen LogP contribution in [0.5, 0.6) is 0 Å². The highest BCUT2D eigenvalue weighted by atomic mass is 16.1. The molecule has 3 rings (SSSR count). The summed E-state index contributed by atoms with van der Waals surface area (Å²) in [7, 11) is 0. The van der Waals surface area contributed by atoms with Crippen LogP contribution in [0.3, 0.4) is 0 Å². The fraction of sp³-hybridized carbons (Fsp3) is 0.533. The van der Waals surface area contributed by atoms with Crippen LogP contribution in [-0.4, -0.2) is 4.98 Å². The monoisotopic (exact) mass is 244 g/mol. The summed E-state index contributed by atoms with van der Waals surface area (Å²) >= 11 is 0. The largest absolute Gasteiger partial charge is 0.326 e. The van der Waals surface area contributed by atoms with E-state index in [-0.39, 0.29) is 11.1 Å². The highest BCUT2D eigenvalue weighted by molar-refractivity contribution is 5.44. The molecule has 0 spiro atoms. The summed E-state index contributed by atoms with van der Waals surface area (Å²) < 4.78 is 0. The summed E-state index contributed by atoms with van der Waals surface area (Å²) in [5, 5.41) is 0. The van der Waals surface area contributed by atoms with Gasteiger partial charge in [-0.3, -0.25) is 4.79 Å². The van der Waals surface area contributed by atoms with Crippen LogP contribution in [0, 0.1) is 11.8 Å². The Morgan fingerprint density at radius 2 is 2.28 bits per heavy atom. The molecule has 1 heterocycles. The van der Waals surface area contributed by atoms with Crippen molar-refractivity contribution < 1.29 is 0 Å². The quantitative estimate of drug-likeness (QED) is 0.686. The van der Waals surface area contributed by atoms with Gasteiger partial charge in [0, 0.05) is 11.8 Å². The fourth-order valence-electron chi connectivity index (χ4n) is 4.02.